The van der Waals surface area contributed by atoms with Crippen LogP contribution in [-0.2, 0) is 13.1 Å². The van der Waals surface area contributed by atoms with Crippen molar-refractivity contribution in [2.45, 2.75) is 13.1 Å². The van der Waals surface area contributed by atoms with Crippen LogP contribution in [0.3, 0.4) is 0 Å². The molecule has 0 aliphatic rings. The molecule has 0 heterocycles. The molecule has 0 spiro atoms. The van der Waals surface area contributed by atoms with Crippen molar-refractivity contribution in [1.29, 1.82) is 0 Å². The molecular formula is C15H14ClF2NO. The molecule has 2 nitrogen and oxygen atoms in total. The molecule has 2 rings (SSSR count). The molecule has 0 aliphatic heterocycles. The second-order valence-electron chi connectivity index (χ2n) is 4.30. The lowest BCUT2D eigenvalue weighted by Gasteiger charge is -2.10. The Morgan fingerprint density at radius 3 is 2.50 bits per heavy atom. The topological polar surface area (TPSA) is 21.3 Å². The molecule has 0 bridgehead atoms. The van der Waals surface area contributed by atoms with Crippen LogP contribution in [0.15, 0.2) is 36.4 Å². The summed E-state index contributed by atoms with van der Waals surface area (Å²) in [6.45, 7) is 0.766. The van der Waals surface area contributed by atoms with Crippen LogP contribution < -0.4 is 10.1 Å². The van der Waals surface area contributed by atoms with Crippen LogP contribution in [0.1, 0.15) is 11.1 Å². The Hall–Kier alpha value is -1.65. The lowest BCUT2D eigenvalue weighted by atomic mass is 10.1. The molecule has 0 aromatic heterocycles. The Morgan fingerprint density at radius 2 is 1.80 bits per heavy atom. The quantitative estimate of drug-likeness (QED) is 0.903. The summed E-state index contributed by atoms with van der Waals surface area (Å²) in [4.78, 5) is 0. The predicted octanol–water partition coefficient (Wildman–Crippen LogP) is 3.92. The molecule has 0 amide bonds. The third-order valence-electron chi connectivity index (χ3n) is 2.89. The number of ether oxygens (including phenoxy) is 1. The van der Waals surface area contributed by atoms with Crippen LogP contribution in [0, 0.1) is 11.6 Å². The van der Waals surface area contributed by atoms with Crippen molar-refractivity contribution in [1.82, 2.24) is 5.32 Å². The van der Waals surface area contributed by atoms with E-state index in [0.29, 0.717) is 29.4 Å². The van der Waals surface area contributed by atoms with Gasteiger partial charge >= 0.3 is 0 Å². The van der Waals surface area contributed by atoms with E-state index in [1.807, 2.05) is 0 Å². The van der Waals surface area contributed by atoms with Crippen molar-refractivity contribution >= 4 is 11.6 Å². The lowest BCUT2D eigenvalue weighted by molar-refractivity contribution is 0.407. The minimum absolute atomic E-state index is 0.293. The van der Waals surface area contributed by atoms with Crippen LogP contribution in [-0.4, -0.2) is 7.11 Å². The van der Waals surface area contributed by atoms with E-state index in [0.717, 1.165) is 11.6 Å². The Labute approximate surface area is 121 Å². The molecule has 106 valence electrons. The van der Waals surface area contributed by atoms with Crippen LogP contribution >= 0.6 is 11.6 Å². The fourth-order valence-electron chi connectivity index (χ4n) is 1.88. The Kier molecular flexibility index (Phi) is 4.93. The highest BCUT2D eigenvalue weighted by molar-refractivity contribution is 6.30. The van der Waals surface area contributed by atoms with E-state index in [-0.39, 0.29) is 0 Å². The van der Waals surface area contributed by atoms with E-state index in [1.54, 1.807) is 25.3 Å². The SMILES string of the molecule is COc1ccc(Cl)cc1CNCc1ccc(F)cc1F. The fourth-order valence-corrected chi connectivity index (χ4v) is 2.08. The normalized spacial score (nSPS) is 10.6. The van der Waals surface area contributed by atoms with Crippen LogP contribution in [0.5, 0.6) is 5.75 Å². The van der Waals surface area contributed by atoms with Crippen LogP contribution in [0.25, 0.3) is 0 Å². The van der Waals surface area contributed by atoms with E-state index < -0.39 is 11.6 Å². The molecule has 20 heavy (non-hydrogen) atoms. The largest absolute Gasteiger partial charge is 0.496 e. The summed E-state index contributed by atoms with van der Waals surface area (Å²) < 4.78 is 31.5. The molecule has 0 fully saturated rings. The van der Waals surface area contributed by atoms with Gasteiger partial charge in [0.25, 0.3) is 0 Å². The summed E-state index contributed by atoms with van der Waals surface area (Å²) in [5, 5.41) is 3.69. The highest BCUT2D eigenvalue weighted by Gasteiger charge is 2.06. The molecular weight excluding hydrogens is 284 g/mol. The van der Waals surface area contributed by atoms with Gasteiger partial charge in [-0.1, -0.05) is 17.7 Å². The summed E-state index contributed by atoms with van der Waals surface area (Å²) in [7, 11) is 1.58. The maximum Gasteiger partial charge on any atom is 0.130 e. The van der Waals surface area contributed by atoms with Crippen LogP contribution in [0.2, 0.25) is 5.02 Å². The first-order valence-electron chi connectivity index (χ1n) is 6.07. The summed E-state index contributed by atoms with van der Waals surface area (Å²) in [5.74, 6) is -0.431. The summed E-state index contributed by atoms with van der Waals surface area (Å²) in [6.07, 6.45) is 0. The molecule has 2 aromatic rings. The number of halogens is 3. The van der Waals surface area contributed by atoms with Gasteiger partial charge in [-0.15, -0.1) is 0 Å². The van der Waals surface area contributed by atoms with Gasteiger partial charge in [0.1, 0.15) is 17.4 Å². The van der Waals surface area contributed by atoms with Gasteiger partial charge < -0.3 is 10.1 Å². The molecule has 0 saturated heterocycles. The first-order chi connectivity index (χ1) is 9.60. The van der Waals surface area contributed by atoms with Crippen molar-refractivity contribution in [3.63, 3.8) is 0 Å². The minimum Gasteiger partial charge on any atom is -0.496 e. The first-order valence-corrected chi connectivity index (χ1v) is 6.45. The van der Waals surface area contributed by atoms with Crippen LogP contribution in [0.4, 0.5) is 8.78 Å². The van der Waals surface area contributed by atoms with E-state index in [9.17, 15) is 8.78 Å². The van der Waals surface area contributed by atoms with Crippen molar-refractivity contribution in [3.05, 3.63) is 64.2 Å². The van der Waals surface area contributed by atoms with E-state index in [2.05, 4.69) is 5.32 Å². The van der Waals surface area contributed by atoms with Gasteiger partial charge in [0, 0.05) is 35.3 Å². The molecule has 0 radical (unpaired) electrons. The minimum atomic E-state index is -0.581. The van der Waals surface area contributed by atoms with Crippen molar-refractivity contribution in [3.8, 4) is 5.75 Å². The number of hydrogen-bond donors (Lipinski definition) is 1. The molecule has 0 unspecified atom stereocenters. The van der Waals surface area contributed by atoms with Crippen molar-refractivity contribution in [2.24, 2.45) is 0 Å². The standard InChI is InChI=1S/C15H14ClF2NO/c1-20-15-5-3-12(16)6-11(15)9-19-8-10-2-4-13(17)7-14(10)18/h2-7,19H,8-9H2,1H3. The van der Waals surface area contributed by atoms with Gasteiger partial charge in [-0.05, 0) is 24.3 Å². The maximum atomic E-state index is 13.5. The first kappa shape index (κ1) is 14.8. The van der Waals surface area contributed by atoms with Crippen molar-refractivity contribution in [2.75, 3.05) is 7.11 Å². The Balaban J connectivity index is 2.01. The molecule has 0 atom stereocenters. The summed E-state index contributed by atoms with van der Waals surface area (Å²) >= 11 is 5.93. The molecule has 5 heteroatoms. The number of benzene rings is 2. The predicted molar refractivity (Wildman–Crippen MR) is 74.9 cm³/mol. The lowest BCUT2D eigenvalue weighted by Crippen LogP contribution is -2.14. The summed E-state index contributed by atoms with van der Waals surface area (Å²) in [5.41, 5.74) is 1.29. The van der Waals surface area contributed by atoms with Gasteiger partial charge in [-0.3, -0.25) is 0 Å². The van der Waals surface area contributed by atoms with E-state index in [1.165, 1.54) is 12.1 Å². The number of rotatable bonds is 5. The maximum absolute atomic E-state index is 13.5. The molecule has 2 aromatic carbocycles. The highest BCUT2D eigenvalue weighted by Crippen LogP contribution is 2.22. The second kappa shape index (κ2) is 6.68. The molecule has 1 N–H and O–H groups in total. The highest BCUT2D eigenvalue weighted by atomic mass is 35.5. The summed E-state index contributed by atoms with van der Waals surface area (Å²) in [6, 6.07) is 8.83. The number of hydrogen-bond acceptors (Lipinski definition) is 2. The zero-order chi connectivity index (χ0) is 14.5. The van der Waals surface area contributed by atoms with Gasteiger partial charge in [-0.2, -0.15) is 0 Å². The zero-order valence-electron chi connectivity index (χ0n) is 10.9. The number of nitrogens with one attached hydrogen (secondary N) is 1. The van der Waals surface area contributed by atoms with Gasteiger partial charge in [0.2, 0.25) is 0 Å². The molecule has 0 aliphatic carbocycles. The van der Waals surface area contributed by atoms with Crippen molar-refractivity contribution < 1.29 is 13.5 Å². The smallest absolute Gasteiger partial charge is 0.130 e. The Morgan fingerprint density at radius 1 is 1.05 bits per heavy atom. The van der Waals surface area contributed by atoms with E-state index >= 15 is 0 Å². The van der Waals surface area contributed by atoms with Gasteiger partial charge in [-0.25, -0.2) is 8.78 Å². The van der Waals surface area contributed by atoms with Gasteiger partial charge in [0.05, 0.1) is 7.11 Å². The van der Waals surface area contributed by atoms with E-state index in [4.69, 9.17) is 16.3 Å². The Bertz CT molecular complexity index is 604. The average Bonchev–Trinajstić information content (AvgIpc) is 2.41. The van der Waals surface area contributed by atoms with Gasteiger partial charge in [0.15, 0.2) is 0 Å². The second-order valence-corrected chi connectivity index (χ2v) is 4.73. The number of methoxy groups -OCH3 is 1. The third kappa shape index (κ3) is 3.68. The molecule has 0 saturated carbocycles. The monoisotopic (exact) mass is 297 g/mol. The zero-order valence-corrected chi connectivity index (χ0v) is 11.7. The fraction of sp³-hybridized carbons (Fsp3) is 0.200. The average molecular weight is 298 g/mol. The third-order valence-corrected chi connectivity index (χ3v) is 3.12.